The molecule has 108 valence electrons. The van der Waals surface area contributed by atoms with Crippen molar-refractivity contribution in [3.8, 4) is 0 Å². The molecule has 1 aromatic rings. The number of hydrogen-bond donors (Lipinski definition) is 2. The lowest BCUT2D eigenvalue weighted by Crippen LogP contribution is -2.47. The van der Waals surface area contributed by atoms with Crippen molar-refractivity contribution in [2.45, 2.75) is 31.0 Å². The molecular weight excluding hydrogens is 282 g/mol. The van der Waals surface area contributed by atoms with E-state index in [9.17, 15) is 14.7 Å². The van der Waals surface area contributed by atoms with Gasteiger partial charge >= 0.3 is 11.9 Å². The van der Waals surface area contributed by atoms with Gasteiger partial charge in [0.25, 0.3) is 0 Å². The third kappa shape index (κ3) is 2.69. The van der Waals surface area contributed by atoms with E-state index in [0.717, 1.165) is 13.0 Å². The molecule has 0 radical (unpaired) electrons. The van der Waals surface area contributed by atoms with Crippen LogP contribution in [0.2, 0.25) is 0 Å². The summed E-state index contributed by atoms with van der Waals surface area (Å²) in [6, 6.07) is 0.204. The third-order valence-corrected chi connectivity index (χ3v) is 3.80. The van der Waals surface area contributed by atoms with Gasteiger partial charge in [-0.1, -0.05) is 11.8 Å². The molecule has 1 fully saturated rings. The normalized spacial score (nSPS) is 17.7. The molecule has 0 amide bonds. The molecule has 0 unspecified atom stereocenters. The molecule has 2 rings (SSSR count). The molecule has 1 aliphatic rings. The summed E-state index contributed by atoms with van der Waals surface area (Å²) >= 11 is 1.26. The Morgan fingerprint density at radius 1 is 1.40 bits per heavy atom. The molecule has 8 heteroatoms. The Labute approximate surface area is 120 Å². The predicted octanol–water partition coefficient (Wildman–Crippen LogP) is 1.12. The van der Waals surface area contributed by atoms with Gasteiger partial charge in [0.1, 0.15) is 11.4 Å². The zero-order valence-corrected chi connectivity index (χ0v) is 12.0. The maximum atomic E-state index is 11.5. The summed E-state index contributed by atoms with van der Waals surface area (Å²) in [4.78, 5) is 32.5. The van der Waals surface area contributed by atoms with E-state index in [0.29, 0.717) is 11.0 Å². The SMILES string of the molecule is CSc1nc(CC(=O)O)c(C(=O)O)c(N2CC[C@H]2C)n1. The Kier molecular flexibility index (Phi) is 4.12. The van der Waals surface area contributed by atoms with E-state index in [1.807, 2.05) is 11.8 Å². The molecule has 0 bridgehead atoms. The van der Waals surface area contributed by atoms with Crippen molar-refractivity contribution in [1.29, 1.82) is 0 Å². The highest BCUT2D eigenvalue weighted by molar-refractivity contribution is 7.98. The molecule has 1 saturated heterocycles. The van der Waals surface area contributed by atoms with Crippen LogP contribution in [-0.4, -0.2) is 51.0 Å². The van der Waals surface area contributed by atoms with E-state index >= 15 is 0 Å². The van der Waals surface area contributed by atoms with Crippen molar-refractivity contribution in [1.82, 2.24) is 9.97 Å². The van der Waals surface area contributed by atoms with E-state index in [1.54, 1.807) is 6.26 Å². The van der Waals surface area contributed by atoms with Gasteiger partial charge in [-0.2, -0.15) is 0 Å². The van der Waals surface area contributed by atoms with Crippen molar-refractivity contribution >= 4 is 29.5 Å². The largest absolute Gasteiger partial charge is 0.481 e. The zero-order chi connectivity index (χ0) is 14.9. The summed E-state index contributed by atoms with van der Waals surface area (Å²) in [7, 11) is 0. The average Bonchev–Trinajstić information content (AvgIpc) is 2.35. The van der Waals surface area contributed by atoms with Crippen molar-refractivity contribution in [3.63, 3.8) is 0 Å². The minimum absolute atomic E-state index is 0.0541. The number of nitrogens with zero attached hydrogens (tertiary/aromatic N) is 3. The number of thioether (sulfide) groups is 1. The van der Waals surface area contributed by atoms with Crippen molar-refractivity contribution < 1.29 is 19.8 Å². The first-order chi connectivity index (χ1) is 9.43. The van der Waals surface area contributed by atoms with Crippen LogP contribution in [0.5, 0.6) is 0 Å². The van der Waals surface area contributed by atoms with Crippen LogP contribution < -0.4 is 4.90 Å². The maximum Gasteiger partial charge on any atom is 0.341 e. The van der Waals surface area contributed by atoms with Crippen molar-refractivity contribution in [2.75, 3.05) is 17.7 Å². The van der Waals surface area contributed by atoms with E-state index in [1.165, 1.54) is 11.8 Å². The molecule has 20 heavy (non-hydrogen) atoms. The summed E-state index contributed by atoms with van der Waals surface area (Å²) in [5, 5.41) is 18.7. The van der Waals surface area contributed by atoms with Crippen molar-refractivity contribution in [2.24, 2.45) is 0 Å². The Morgan fingerprint density at radius 3 is 2.50 bits per heavy atom. The summed E-state index contributed by atoms with van der Waals surface area (Å²) in [5.74, 6) is -1.98. The van der Waals surface area contributed by atoms with Gasteiger partial charge in [0, 0.05) is 12.6 Å². The number of rotatable bonds is 5. The Morgan fingerprint density at radius 2 is 2.10 bits per heavy atom. The molecule has 1 aromatic heterocycles. The monoisotopic (exact) mass is 297 g/mol. The van der Waals surface area contributed by atoms with Crippen LogP contribution >= 0.6 is 11.8 Å². The molecule has 0 aliphatic carbocycles. The van der Waals surface area contributed by atoms with Gasteiger partial charge in [-0.05, 0) is 19.6 Å². The Bertz CT molecular complexity index is 564. The van der Waals surface area contributed by atoms with Crippen LogP contribution in [-0.2, 0) is 11.2 Å². The summed E-state index contributed by atoms with van der Waals surface area (Å²) in [6.07, 6.45) is 2.31. The number of aromatic carboxylic acids is 1. The quantitative estimate of drug-likeness (QED) is 0.615. The first-order valence-electron chi connectivity index (χ1n) is 6.10. The van der Waals surface area contributed by atoms with Crippen LogP contribution in [0.25, 0.3) is 0 Å². The number of hydrogen-bond acceptors (Lipinski definition) is 6. The first kappa shape index (κ1) is 14.6. The fourth-order valence-electron chi connectivity index (χ4n) is 2.09. The minimum atomic E-state index is -1.19. The highest BCUT2D eigenvalue weighted by Gasteiger charge is 2.32. The van der Waals surface area contributed by atoms with Crippen LogP contribution in [0.4, 0.5) is 5.82 Å². The van der Waals surface area contributed by atoms with E-state index < -0.39 is 18.4 Å². The lowest BCUT2D eigenvalue weighted by Gasteiger charge is -2.40. The van der Waals surface area contributed by atoms with Gasteiger partial charge in [0.05, 0.1) is 12.1 Å². The van der Waals surface area contributed by atoms with E-state index in [2.05, 4.69) is 9.97 Å². The number of carbonyl (C=O) groups is 2. The molecule has 0 spiro atoms. The number of carboxylic acids is 2. The molecular formula is C12H15N3O4S. The van der Waals surface area contributed by atoms with Crippen LogP contribution in [0, 0.1) is 0 Å². The highest BCUT2D eigenvalue weighted by Crippen LogP contribution is 2.31. The highest BCUT2D eigenvalue weighted by atomic mass is 32.2. The fourth-order valence-corrected chi connectivity index (χ4v) is 2.47. The topological polar surface area (TPSA) is 104 Å². The van der Waals surface area contributed by atoms with Gasteiger partial charge in [-0.15, -0.1) is 0 Å². The number of anilines is 1. The summed E-state index contributed by atoms with van der Waals surface area (Å²) in [5.41, 5.74) is -0.0461. The standard InChI is InChI=1S/C12H15N3O4S/c1-6-3-4-15(6)10-9(11(18)19)7(5-8(16)17)13-12(14-10)20-2/h6H,3-5H2,1-2H3,(H,16,17)(H,18,19)/t6-/m1/s1. The zero-order valence-electron chi connectivity index (χ0n) is 11.2. The van der Waals surface area contributed by atoms with Gasteiger partial charge in [-0.25, -0.2) is 14.8 Å². The van der Waals surface area contributed by atoms with Gasteiger partial charge in [0.15, 0.2) is 5.16 Å². The first-order valence-corrected chi connectivity index (χ1v) is 7.33. The Balaban J connectivity index is 2.57. The molecule has 0 aromatic carbocycles. The van der Waals surface area contributed by atoms with E-state index in [-0.39, 0.29) is 17.3 Å². The maximum absolute atomic E-state index is 11.5. The number of carboxylic acid groups (broad SMARTS) is 2. The lowest BCUT2D eigenvalue weighted by atomic mass is 10.0. The van der Waals surface area contributed by atoms with Crippen LogP contribution in [0.3, 0.4) is 0 Å². The predicted molar refractivity (Wildman–Crippen MR) is 73.5 cm³/mol. The fraction of sp³-hybridized carbons (Fsp3) is 0.500. The van der Waals surface area contributed by atoms with Gasteiger partial charge in [0.2, 0.25) is 0 Å². The average molecular weight is 297 g/mol. The summed E-state index contributed by atoms with van der Waals surface area (Å²) < 4.78 is 0. The smallest absolute Gasteiger partial charge is 0.341 e. The molecule has 2 N–H and O–H groups in total. The minimum Gasteiger partial charge on any atom is -0.481 e. The molecule has 0 saturated carbocycles. The molecule has 7 nitrogen and oxygen atoms in total. The molecule has 1 atom stereocenters. The number of aromatic nitrogens is 2. The molecule has 1 aliphatic heterocycles. The van der Waals surface area contributed by atoms with E-state index in [4.69, 9.17) is 5.11 Å². The van der Waals surface area contributed by atoms with Gasteiger partial charge < -0.3 is 15.1 Å². The molecule has 2 heterocycles. The Hall–Kier alpha value is -1.83. The third-order valence-electron chi connectivity index (χ3n) is 3.25. The van der Waals surface area contributed by atoms with Crippen LogP contribution in [0.15, 0.2) is 5.16 Å². The second-order valence-corrected chi connectivity index (χ2v) is 5.34. The van der Waals surface area contributed by atoms with Crippen molar-refractivity contribution in [3.05, 3.63) is 11.3 Å². The lowest BCUT2D eigenvalue weighted by molar-refractivity contribution is -0.136. The number of aliphatic carboxylic acids is 1. The van der Waals surface area contributed by atoms with Crippen LogP contribution in [0.1, 0.15) is 29.4 Å². The second kappa shape index (κ2) is 5.66. The summed E-state index contributed by atoms with van der Waals surface area (Å²) in [6.45, 7) is 2.70. The second-order valence-electron chi connectivity index (χ2n) is 4.56. The van der Waals surface area contributed by atoms with Gasteiger partial charge in [-0.3, -0.25) is 4.79 Å².